The van der Waals surface area contributed by atoms with E-state index in [0.29, 0.717) is 0 Å². The summed E-state index contributed by atoms with van der Waals surface area (Å²) >= 11 is 0. The van der Waals surface area contributed by atoms with E-state index in [1.54, 1.807) is 0 Å². The largest absolute Gasteiger partial charge is 0.383 e. The average Bonchev–Trinajstić information content (AvgIpc) is 2.50. The molecule has 0 fully saturated rings. The molecule has 0 aliphatic rings. The number of nitrogens with zero attached hydrogens (tertiary/aromatic N) is 2. The van der Waals surface area contributed by atoms with Crippen molar-refractivity contribution in [2.24, 2.45) is 5.14 Å². The minimum absolute atomic E-state index is 0.102. The van der Waals surface area contributed by atoms with E-state index < -0.39 is 10.0 Å². The number of aromatic nitrogens is 2. The summed E-state index contributed by atoms with van der Waals surface area (Å²) in [6.07, 6.45) is 2.88. The highest BCUT2D eigenvalue weighted by Crippen LogP contribution is 2.23. The van der Waals surface area contributed by atoms with Gasteiger partial charge in [0, 0.05) is 0 Å². The first kappa shape index (κ1) is 12.0. The lowest BCUT2D eigenvalue weighted by atomic mass is 10.2. The molecule has 0 spiro atoms. The van der Waals surface area contributed by atoms with Crippen LogP contribution in [-0.2, 0) is 10.0 Å². The number of rotatable bonds is 4. The Morgan fingerprint density at radius 1 is 1.47 bits per heavy atom. The summed E-state index contributed by atoms with van der Waals surface area (Å²) in [5.74, 6) is 0.117. The molecule has 0 aliphatic carbocycles. The number of sulfonamides is 1. The summed E-state index contributed by atoms with van der Waals surface area (Å²) in [6, 6.07) is 0.112. The van der Waals surface area contributed by atoms with E-state index in [0.717, 1.165) is 12.8 Å². The third-order valence-corrected chi connectivity index (χ3v) is 3.32. The second-order valence-electron chi connectivity index (χ2n) is 3.35. The SMILES string of the molecule is CCC(CC)n1ncc(S(N)(=O)=O)c1N. The van der Waals surface area contributed by atoms with E-state index in [9.17, 15) is 8.42 Å². The molecule has 0 saturated heterocycles. The molecule has 1 aromatic heterocycles. The van der Waals surface area contributed by atoms with Crippen LogP contribution in [0, 0.1) is 0 Å². The summed E-state index contributed by atoms with van der Waals surface area (Å²) in [5, 5.41) is 8.95. The summed E-state index contributed by atoms with van der Waals surface area (Å²) in [6.45, 7) is 3.98. The first-order chi connectivity index (χ1) is 6.91. The summed E-state index contributed by atoms with van der Waals surface area (Å²) in [5.41, 5.74) is 5.68. The Balaban J connectivity index is 3.20. The van der Waals surface area contributed by atoms with Crippen LogP contribution in [0.4, 0.5) is 5.82 Å². The quantitative estimate of drug-likeness (QED) is 0.787. The maximum absolute atomic E-state index is 11.1. The van der Waals surface area contributed by atoms with Crippen LogP contribution >= 0.6 is 0 Å². The third-order valence-electron chi connectivity index (χ3n) is 2.39. The Morgan fingerprint density at radius 2 is 2.00 bits per heavy atom. The van der Waals surface area contributed by atoms with Crippen molar-refractivity contribution >= 4 is 15.8 Å². The molecule has 0 unspecified atom stereocenters. The Bertz CT molecular complexity index is 433. The zero-order valence-corrected chi connectivity index (χ0v) is 9.66. The van der Waals surface area contributed by atoms with Crippen molar-refractivity contribution in [1.82, 2.24) is 9.78 Å². The van der Waals surface area contributed by atoms with Crippen molar-refractivity contribution in [3.05, 3.63) is 6.20 Å². The molecule has 0 radical (unpaired) electrons. The summed E-state index contributed by atoms with van der Waals surface area (Å²) in [4.78, 5) is -0.102. The molecule has 0 aromatic carbocycles. The fraction of sp³-hybridized carbons (Fsp3) is 0.625. The second-order valence-corrected chi connectivity index (χ2v) is 4.88. The van der Waals surface area contributed by atoms with Gasteiger partial charge in [-0.05, 0) is 12.8 Å². The Hall–Kier alpha value is -1.08. The fourth-order valence-corrected chi connectivity index (χ4v) is 2.08. The Labute approximate surface area is 89.3 Å². The van der Waals surface area contributed by atoms with Crippen molar-refractivity contribution in [3.8, 4) is 0 Å². The molecule has 1 aromatic rings. The van der Waals surface area contributed by atoms with Crippen LogP contribution in [0.15, 0.2) is 11.1 Å². The van der Waals surface area contributed by atoms with Gasteiger partial charge in [0.15, 0.2) is 0 Å². The highest BCUT2D eigenvalue weighted by atomic mass is 32.2. The van der Waals surface area contributed by atoms with Crippen molar-refractivity contribution in [2.75, 3.05) is 5.73 Å². The van der Waals surface area contributed by atoms with Gasteiger partial charge in [0.1, 0.15) is 10.7 Å². The van der Waals surface area contributed by atoms with Crippen LogP contribution in [0.25, 0.3) is 0 Å². The Morgan fingerprint density at radius 3 is 2.33 bits per heavy atom. The molecular weight excluding hydrogens is 216 g/mol. The van der Waals surface area contributed by atoms with Crippen LogP contribution in [0.5, 0.6) is 0 Å². The molecule has 6 nitrogen and oxygen atoms in total. The monoisotopic (exact) mass is 232 g/mol. The summed E-state index contributed by atoms with van der Waals surface area (Å²) < 4.78 is 23.7. The van der Waals surface area contributed by atoms with Crippen LogP contribution in [0.2, 0.25) is 0 Å². The van der Waals surface area contributed by atoms with E-state index >= 15 is 0 Å². The molecule has 1 rings (SSSR count). The smallest absolute Gasteiger partial charge is 0.243 e. The van der Waals surface area contributed by atoms with Gasteiger partial charge in [-0.2, -0.15) is 5.10 Å². The van der Waals surface area contributed by atoms with E-state index in [-0.39, 0.29) is 16.8 Å². The first-order valence-corrected chi connectivity index (χ1v) is 6.32. The number of anilines is 1. The highest BCUT2D eigenvalue weighted by Gasteiger charge is 2.20. The molecule has 86 valence electrons. The van der Waals surface area contributed by atoms with Crippen LogP contribution in [-0.4, -0.2) is 18.2 Å². The minimum atomic E-state index is -3.77. The lowest BCUT2D eigenvalue weighted by Gasteiger charge is -2.14. The van der Waals surface area contributed by atoms with Crippen LogP contribution in [0.1, 0.15) is 32.7 Å². The zero-order valence-electron chi connectivity index (χ0n) is 8.84. The van der Waals surface area contributed by atoms with Gasteiger partial charge in [0.05, 0.1) is 12.2 Å². The topological polar surface area (TPSA) is 104 Å². The van der Waals surface area contributed by atoms with E-state index in [1.165, 1.54) is 10.9 Å². The summed E-state index contributed by atoms with van der Waals surface area (Å²) in [7, 11) is -3.77. The van der Waals surface area contributed by atoms with E-state index in [2.05, 4.69) is 5.10 Å². The second kappa shape index (κ2) is 4.19. The third kappa shape index (κ3) is 2.29. The van der Waals surface area contributed by atoms with Crippen molar-refractivity contribution < 1.29 is 8.42 Å². The van der Waals surface area contributed by atoms with Crippen molar-refractivity contribution in [1.29, 1.82) is 0 Å². The van der Waals surface area contributed by atoms with Gasteiger partial charge < -0.3 is 5.73 Å². The predicted molar refractivity (Wildman–Crippen MR) is 57.6 cm³/mol. The normalized spacial score (nSPS) is 12.3. The molecule has 1 heterocycles. The predicted octanol–water partition coefficient (Wildman–Crippen LogP) is 0.474. The average molecular weight is 232 g/mol. The molecule has 7 heteroatoms. The fourth-order valence-electron chi connectivity index (χ4n) is 1.50. The number of nitrogen functional groups attached to an aromatic ring is 1. The maximum Gasteiger partial charge on any atom is 0.243 e. The van der Waals surface area contributed by atoms with E-state index in [1.807, 2.05) is 13.8 Å². The van der Waals surface area contributed by atoms with Crippen LogP contribution < -0.4 is 10.9 Å². The molecule has 0 bridgehead atoms. The lowest BCUT2D eigenvalue weighted by molar-refractivity contribution is 0.434. The zero-order chi connectivity index (χ0) is 11.6. The van der Waals surface area contributed by atoms with Gasteiger partial charge in [-0.25, -0.2) is 18.2 Å². The van der Waals surface area contributed by atoms with Gasteiger partial charge in [-0.15, -0.1) is 0 Å². The number of primary sulfonamides is 1. The number of nitrogens with two attached hydrogens (primary N) is 2. The first-order valence-electron chi connectivity index (χ1n) is 4.77. The Kier molecular flexibility index (Phi) is 3.35. The van der Waals surface area contributed by atoms with Crippen molar-refractivity contribution in [2.45, 2.75) is 37.6 Å². The highest BCUT2D eigenvalue weighted by molar-refractivity contribution is 7.89. The van der Waals surface area contributed by atoms with Gasteiger partial charge in [0.2, 0.25) is 10.0 Å². The van der Waals surface area contributed by atoms with Crippen molar-refractivity contribution in [3.63, 3.8) is 0 Å². The molecular formula is C8H16N4O2S. The number of hydrogen-bond acceptors (Lipinski definition) is 4. The van der Waals surface area contributed by atoms with Gasteiger partial charge in [-0.1, -0.05) is 13.8 Å². The lowest BCUT2D eigenvalue weighted by Crippen LogP contribution is -2.16. The molecule has 0 amide bonds. The minimum Gasteiger partial charge on any atom is -0.383 e. The molecule has 4 N–H and O–H groups in total. The molecule has 0 saturated carbocycles. The maximum atomic E-state index is 11.1. The van der Waals surface area contributed by atoms with Crippen LogP contribution in [0.3, 0.4) is 0 Å². The van der Waals surface area contributed by atoms with Gasteiger partial charge in [0.25, 0.3) is 0 Å². The van der Waals surface area contributed by atoms with Gasteiger partial charge in [-0.3, -0.25) is 0 Å². The van der Waals surface area contributed by atoms with E-state index in [4.69, 9.17) is 10.9 Å². The molecule has 0 atom stereocenters. The van der Waals surface area contributed by atoms with Gasteiger partial charge >= 0.3 is 0 Å². The number of hydrogen-bond donors (Lipinski definition) is 2. The molecule has 15 heavy (non-hydrogen) atoms. The standard InChI is InChI=1S/C8H16N4O2S/c1-3-6(4-2)12-8(9)7(5-11-12)15(10,13)14/h5-6H,3-4,9H2,1-2H3,(H2,10,13,14). The molecule has 0 aliphatic heterocycles.